The summed E-state index contributed by atoms with van der Waals surface area (Å²) < 4.78 is 22.2. The third-order valence-electron chi connectivity index (χ3n) is 6.40. The molecule has 0 bridgehead atoms. The zero-order valence-electron chi connectivity index (χ0n) is 20.9. The van der Waals surface area contributed by atoms with Crippen LogP contribution in [0.1, 0.15) is 45.2 Å². The monoisotopic (exact) mass is 487 g/mol. The van der Waals surface area contributed by atoms with E-state index in [1.807, 2.05) is 32.9 Å². The first-order valence-electron chi connectivity index (χ1n) is 12.0. The molecule has 3 fully saturated rings. The maximum absolute atomic E-state index is 12.4. The van der Waals surface area contributed by atoms with E-state index in [9.17, 15) is 14.4 Å². The van der Waals surface area contributed by atoms with Gasteiger partial charge in [-0.2, -0.15) is 0 Å². The predicted octanol–water partition coefficient (Wildman–Crippen LogP) is 0.844. The molecule has 4 rings (SSSR count). The zero-order valence-corrected chi connectivity index (χ0v) is 20.9. The van der Waals surface area contributed by atoms with Crippen LogP contribution in [0.3, 0.4) is 0 Å². The van der Waals surface area contributed by atoms with Crippen LogP contribution in [-0.4, -0.2) is 92.5 Å². The fourth-order valence-electron chi connectivity index (χ4n) is 4.59. The van der Waals surface area contributed by atoms with E-state index in [-0.39, 0.29) is 30.8 Å². The summed E-state index contributed by atoms with van der Waals surface area (Å²) in [7, 11) is 0.599. The van der Waals surface area contributed by atoms with Crippen molar-refractivity contribution in [1.29, 1.82) is 0 Å². The average molecular weight is 487 g/mol. The van der Waals surface area contributed by atoms with Gasteiger partial charge in [0, 0.05) is 24.1 Å². The molecule has 1 atom stereocenters. The van der Waals surface area contributed by atoms with Crippen molar-refractivity contribution < 1.29 is 33.2 Å². The second-order valence-electron chi connectivity index (χ2n) is 10.6. The van der Waals surface area contributed by atoms with Gasteiger partial charge in [-0.25, -0.2) is 4.79 Å². The molecule has 11 heteroatoms. The highest BCUT2D eigenvalue weighted by molar-refractivity contribution is 6.64. The number of likely N-dealkylation sites (tertiary alicyclic amines) is 1. The van der Waals surface area contributed by atoms with Crippen molar-refractivity contribution in [2.75, 3.05) is 46.4 Å². The van der Waals surface area contributed by atoms with Crippen LogP contribution in [0.25, 0.3) is 0 Å². The Morgan fingerprint density at radius 1 is 1.09 bits per heavy atom. The van der Waals surface area contributed by atoms with Crippen LogP contribution in [0.15, 0.2) is 24.3 Å². The minimum Gasteiger partial charge on any atom is -0.494 e. The van der Waals surface area contributed by atoms with E-state index in [4.69, 9.17) is 18.8 Å². The van der Waals surface area contributed by atoms with Gasteiger partial charge in [0.15, 0.2) is 0 Å². The van der Waals surface area contributed by atoms with Gasteiger partial charge in [0.2, 0.25) is 0 Å². The number of benzene rings is 1. The van der Waals surface area contributed by atoms with Crippen LogP contribution >= 0.6 is 0 Å². The van der Waals surface area contributed by atoms with Gasteiger partial charge in [0.25, 0.3) is 0 Å². The largest absolute Gasteiger partial charge is 0.636 e. The highest BCUT2D eigenvalue weighted by atomic mass is 16.6. The topological polar surface area (TPSA) is 107 Å². The van der Waals surface area contributed by atoms with Gasteiger partial charge >= 0.3 is 25.2 Å². The predicted molar refractivity (Wildman–Crippen MR) is 128 cm³/mol. The molecule has 3 heterocycles. The van der Waals surface area contributed by atoms with Gasteiger partial charge in [-0.3, -0.25) is 14.5 Å². The van der Waals surface area contributed by atoms with E-state index in [1.54, 1.807) is 29.0 Å². The van der Waals surface area contributed by atoms with Crippen molar-refractivity contribution in [3.8, 4) is 0 Å². The van der Waals surface area contributed by atoms with Crippen LogP contribution in [-0.2, 0) is 28.4 Å². The number of amides is 1. The number of morpholine rings is 1. The van der Waals surface area contributed by atoms with Crippen LogP contribution in [0.5, 0.6) is 0 Å². The lowest BCUT2D eigenvalue weighted by Crippen LogP contribution is -2.61. The molecule has 3 aliphatic heterocycles. The SMILES string of the molecule is CN1CC(=O)OB(c2ccc(C3COCC4(CCN(C(=O)OC(C)(C)C)CC4)N3)cc2)OC(=O)C1. The molecule has 1 spiro atoms. The van der Waals surface area contributed by atoms with E-state index >= 15 is 0 Å². The summed E-state index contributed by atoms with van der Waals surface area (Å²) in [4.78, 5) is 39.8. The molecule has 1 aromatic carbocycles. The van der Waals surface area contributed by atoms with Crippen molar-refractivity contribution in [3.63, 3.8) is 0 Å². The Bertz CT molecular complexity index is 921. The highest BCUT2D eigenvalue weighted by Gasteiger charge is 2.41. The standard InChI is InChI=1S/C24H34BN3O7/c1-23(2,3)33-22(31)28-11-9-24(10-12-28)16-32-15-19(26-24)17-5-7-18(8-6-17)25-34-20(29)13-27(4)14-21(30)35-25/h5-8,19,26H,9-16H2,1-4H3. The molecule has 1 aromatic rings. The van der Waals surface area contributed by atoms with E-state index < -0.39 is 24.7 Å². The molecule has 1 unspecified atom stereocenters. The van der Waals surface area contributed by atoms with E-state index in [0.717, 1.165) is 18.4 Å². The number of hydrogen-bond donors (Lipinski definition) is 1. The molecule has 190 valence electrons. The maximum Gasteiger partial charge on any atom is 0.636 e. The lowest BCUT2D eigenvalue weighted by atomic mass is 9.77. The maximum atomic E-state index is 12.4. The Hall–Kier alpha value is -2.63. The Morgan fingerprint density at radius 2 is 1.69 bits per heavy atom. The van der Waals surface area contributed by atoms with Crippen LogP contribution in [0.4, 0.5) is 4.79 Å². The van der Waals surface area contributed by atoms with Crippen molar-refractivity contribution in [1.82, 2.24) is 15.1 Å². The molecule has 1 N–H and O–H groups in total. The highest BCUT2D eigenvalue weighted by Crippen LogP contribution is 2.31. The van der Waals surface area contributed by atoms with Crippen LogP contribution in [0, 0.1) is 0 Å². The van der Waals surface area contributed by atoms with Gasteiger partial charge in [-0.05, 0) is 46.2 Å². The molecule has 10 nitrogen and oxygen atoms in total. The second kappa shape index (κ2) is 10.2. The molecule has 0 radical (unpaired) electrons. The summed E-state index contributed by atoms with van der Waals surface area (Å²) in [6.07, 6.45) is 1.26. The van der Waals surface area contributed by atoms with Crippen molar-refractivity contribution in [2.24, 2.45) is 0 Å². The third-order valence-corrected chi connectivity index (χ3v) is 6.40. The average Bonchev–Trinajstić information content (AvgIpc) is 2.77. The molecule has 0 aromatic heterocycles. The van der Waals surface area contributed by atoms with Crippen LogP contribution in [0.2, 0.25) is 0 Å². The first-order chi connectivity index (χ1) is 16.5. The number of carbonyl (C=O) groups excluding carboxylic acids is 3. The zero-order chi connectivity index (χ0) is 25.2. The molecule has 1 amide bonds. The summed E-state index contributed by atoms with van der Waals surface area (Å²) >= 11 is 0. The normalized spacial score (nSPS) is 23.8. The van der Waals surface area contributed by atoms with Crippen LogP contribution < -0.4 is 10.8 Å². The number of rotatable bonds is 2. The Morgan fingerprint density at radius 3 is 2.26 bits per heavy atom. The summed E-state index contributed by atoms with van der Waals surface area (Å²) in [5.74, 6) is -0.896. The lowest BCUT2D eigenvalue weighted by Gasteiger charge is -2.47. The fraction of sp³-hybridized carbons (Fsp3) is 0.625. The Kier molecular flexibility index (Phi) is 7.39. The first kappa shape index (κ1) is 25.5. The number of nitrogens with zero attached hydrogens (tertiary/aromatic N) is 2. The van der Waals surface area contributed by atoms with Gasteiger partial charge in [0.05, 0.1) is 32.3 Å². The number of hydrogen-bond acceptors (Lipinski definition) is 9. The number of piperidine rings is 1. The number of carbonyl (C=O) groups is 3. The molecule has 3 saturated heterocycles. The minimum absolute atomic E-state index is 0.0260. The molecular formula is C24H34BN3O7. The van der Waals surface area contributed by atoms with Gasteiger partial charge in [-0.15, -0.1) is 0 Å². The molecule has 3 aliphatic rings. The van der Waals surface area contributed by atoms with Crippen molar-refractivity contribution in [3.05, 3.63) is 29.8 Å². The smallest absolute Gasteiger partial charge is 0.494 e. The number of nitrogens with one attached hydrogen (secondary N) is 1. The third kappa shape index (κ3) is 6.53. The minimum atomic E-state index is -1.06. The van der Waals surface area contributed by atoms with E-state index in [1.165, 1.54) is 0 Å². The number of likely N-dealkylation sites (N-methyl/N-ethyl adjacent to an activating group) is 1. The van der Waals surface area contributed by atoms with E-state index in [2.05, 4.69) is 5.32 Å². The van der Waals surface area contributed by atoms with Crippen molar-refractivity contribution >= 4 is 30.6 Å². The first-order valence-corrected chi connectivity index (χ1v) is 12.0. The quantitative estimate of drug-likeness (QED) is 0.608. The fourth-order valence-corrected chi connectivity index (χ4v) is 4.59. The van der Waals surface area contributed by atoms with E-state index in [0.29, 0.717) is 31.8 Å². The van der Waals surface area contributed by atoms with Gasteiger partial charge in [-0.1, -0.05) is 24.3 Å². The number of ether oxygens (including phenoxy) is 2. The summed E-state index contributed by atoms with van der Waals surface area (Å²) in [6.45, 7) is 7.98. The summed E-state index contributed by atoms with van der Waals surface area (Å²) in [5.41, 5.74) is 0.887. The molecule has 35 heavy (non-hydrogen) atoms. The second-order valence-corrected chi connectivity index (χ2v) is 10.6. The Labute approximate surface area is 206 Å². The van der Waals surface area contributed by atoms with Gasteiger partial charge < -0.3 is 29.0 Å². The summed E-state index contributed by atoms with van der Waals surface area (Å²) in [5, 5.41) is 3.75. The Balaban J connectivity index is 1.37. The molecule has 0 aliphatic carbocycles. The summed E-state index contributed by atoms with van der Waals surface area (Å²) in [6, 6.07) is 7.44. The lowest BCUT2D eigenvalue weighted by molar-refractivity contribution is -0.145. The molecule has 0 saturated carbocycles. The van der Waals surface area contributed by atoms with Crippen molar-refractivity contribution in [2.45, 2.75) is 50.8 Å². The molecular weight excluding hydrogens is 453 g/mol. The van der Waals surface area contributed by atoms with Gasteiger partial charge in [0.1, 0.15) is 5.60 Å².